The summed E-state index contributed by atoms with van der Waals surface area (Å²) in [6.45, 7) is 1.82. The van der Waals surface area contributed by atoms with Crippen LogP contribution >= 0.6 is 11.8 Å². The van der Waals surface area contributed by atoms with Crippen molar-refractivity contribution < 1.29 is 4.79 Å². The molecule has 0 saturated heterocycles. The van der Waals surface area contributed by atoms with Gasteiger partial charge in [0.05, 0.1) is 22.9 Å². The standard InChI is InChI=1S/C16H18N6OS/c1-11(15(23)18-13-6-4-5-12(9-13)10-17)24-16-19-20-21-22(16)14-7-2-3-8-14/h4-6,9,11,14H,2-3,7-8H2,1H3,(H,18,23). The summed E-state index contributed by atoms with van der Waals surface area (Å²) in [5, 5.41) is 24.0. The number of tetrazole rings is 1. The highest BCUT2D eigenvalue weighted by atomic mass is 32.2. The van der Waals surface area contributed by atoms with Crippen LogP contribution in [0.3, 0.4) is 0 Å². The van der Waals surface area contributed by atoms with E-state index in [0.29, 0.717) is 22.4 Å². The van der Waals surface area contributed by atoms with Gasteiger partial charge in [-0.2, -0.15) is 5.26 Å². The first-order valence-corrected chi connectivity index (χ1v) is 8.81. The molecular formula is C16H18N6OS. The van der Waals surface area contributed by atoms with Crippen molar-refractivity contribution in [1.82, 2.24) is 20.2 Å². The summed E-state index contributed by atoms with van der Waals surface area (Å²) in [6.07, 6.45) is 4.56. The lowest BCUT2D eigenvalue weighted by Crippen LogP contribution is -2.23. The summed E-state index contributed by atoms with van der Waals surface area (Å²) in [4.78, 5) is 12.4. The second kappa shape index (κ2) is 7.45. The maximum atomic E-state index is 12.4. The van der Waals surface area contributed by atoms with E-state index in [4.69, 9.17) is 5.26 Å². The molecule has 1 aromatic heterocycles. The Morgan fingerprint density at radius 2 is 2.25 bits per heavy atom. The van der Waals surface area contributed by atoms with Gasteiger partial charge in [0.1, 0.15) is 0 Å². The van der Waals surface area contributed by atoms with Crippen LogP contribution < -0.4 is 5.32 Å². The maximum absolute atomic E-state index is 12.4. The molecule has 1 N–H and O–H groups in total. The molecule has 1 amide bonds. The van der Waals surface area contributed by atoms with Crippen molar-refractivity contribution in [2.24, 2.45) is 0 Å². The van der Waals surface area contributed by atoms with Gasteiger partial charge in [-0.05, 0) is 48.4 Å². The second-order valence-corrected chi connectivity index (χ2v) is 7.09. The zero-order valence-corrected chi connectivity index (χ0v) is 14.2. The number of hydrogen-bond acceptors (Lipinski definition) is 6. The van der Waals surface area contributed by atoms with Crippen molar-refractivity contribution in [3.8, 4) is 6.07 Å². The molecule has 0 bridgehead atoms. The molecule has 0 spiro atoms. The number of carbonyl (C=O) groups is 1. The van der Waals surface area contributed by atoms with Crippen LogP contribution in [0.5, 0.6) is 0 Å². The zero-order chi connectivity index (χ0) is 16.9. The highest BCUT2D eigenvalue weighted by Gasteiger charge is 2.24. The third-order valence-corrected chi connectivity index (χ3v) is 5.09. The molecule has 1 saturated carbocycles. The van der Waals surface area contributed by atoms with Crippen molar-refractivity contribution in [3.05, 3.63) is 29.8 Å². The van der Waals surface area contributed by atoms with Gasteiger partial charge in [-0.25, -0.2) is 4.68 Å². The summed E-state index contributed by atoms with van der Waals surface area (Å²) < 4.78 is 1.84. The zero-order valence-electron chi connectivity index (χ0n) is 13.3. The molecule has 0 radical (unpaired) electrons. The molecule has 3 rings (SSSR count). The summed E-state index contributed by atoms with van der Waals surface area (Å²) >= 11 is 1.35. The molecule has 124 valence electrons. The average molecular weight is 342 g/mol. The normalized spacial score (nSPS) is 15.8. The monoisotopic (exact) mass is 342 g/mol. The third-order valence-electron chi connectivity index (χ3n) is 4.04. The Morgan fingerprint density at radius 1 is 1.46 bits per heavy atom. The van der Waals surface area contributed by atoms with Crippen LogP contribution in [0.2, 0.25) is 0 Å². The van der Waals surface area contributed by atoms with Crippen LogP contribution in [0.15, 0.2) is 29.4 Å². The van der Waals surface area contributed by atoms with Crippen LogP contribution in [-0.2, 0) is 4.79 Å². The Morgan fingerprint density at radius 3 is 3.00 bits per heavy atom. The number of benzene rings is 1. The number of nitrogens with one attached hydrogen (secondary N) is 1. The van der Waals surface area contributed by atoms with Gasteiger partial charge in [-0.3, -0.25) is 4.79 Å². The number of hydrogen-bond donors (Lipinski definition) is 1. The van der Waals surface area contributed by atoms with E-state index >= 15 is 0 Å². The predicted octanol–water partition coefficient (Wildman–Crippen LogP) is 2.78. The van der Waals surface area contributed by atoms with Crippen LogP contribution in [0, 0.1) is 11.3 Å². The molecule has 24 heavy (non-hydrogen) atoms. The fourth-order valence-corrected chi connectivity index (χ4v) is 3.62. The maximum Gasteiger partial charge on any atom is 0.237 e. The van der Waals surface area contributed by atoms with Crippen LogP contribution in [0.4, 0.5) is 5.69 Å². The first-order chi connectivity index (χ1) is 11.7. The number of carbonyl (C=O) groups excluding carboxylic acids is 1. The number of anilines is 1. The fourth-order valence-electron chi connectivity index (χ4n) is 2.76. The van der Waals surface area contributed by atoms with Crippen molar-refractivity contribution in [2.45, 2.75) is 49.1 Å². The van der Waals surface area contributed by atoms with Crippen LogP contribution in [0.25, 0.3) is 0 Å². The minimum absolute atomic E-state index is 0.143. The van der Waals surface area contributed by atoms with E-state index in [1.807, 2.05) is 11.6 Å². The van der Waals surface area contributed by atoms with Gasteiger partial charge in [0.2, 0.25) is 11.1 Å². The molecule has 7 nitrogen and oxygen atoms in total. The number of rotatable bonds is 5. The number of nitrogens with zero attached hydrogens (tertiary/aromatic N) is 5. The van der Waals surface area contributed by atoms with Gasteiger partial charge in [0.25, 0.3) is 0 Å². The third kappa shape index (κ3) is 3.74. The lowest BCUT2D eigenvalue weighted by molar-refractivity contribution is -0.115. The van der Waals surface area contributed by atoms with E-state index in [9.17, 15) is 4.79 Å². The molecule has 1 aliphatic rings. The smallest absolute Gasteiger partial charge is 0.237 e. The predicted molar refractivity (Wildman–Crippen MR) is 90.4 cm³/mol. The Hall–Kier alpha value is -2.40. The topological polar surface area (TPSA) is 96.5 Å². The molecule has 1 aromatic carbocycles. The fraction of sp³-hybridized carbons (Fsp3) is 0.438. The molecule has 1 atom stereocenters. The van der Waals surface area contributed by atoms with Gasteiger partial charge >= 0.3 is 0 Å². The molecule has 0 aliphatic heterocycles. The van der Waals surface area contributed by atoms with E-state index in [1.54, 1.807) is 24.3 Å². The number of nitriles is 1. The van der Waals surface area contributed by atoms with Crippen molar-refractivity contribution in [2.75, 3.05) is 5.32 Å². The van der Waals surface area contributed by atoms with Gasteiger partial charge < -0.3 is 5.32 Å². The van der Waals surface area contributed by atoms with Gasteiger partial charge in [-0.1, -0.05) is 30.7 Å². The van der Waals surface area contributed by atoms with Crippen LogP contribution in [0.1, 0.15) is 44.2 Å². The van der Waals surface area contributed by atoms with Crippen molar-refractivity contribution in [3.63, 3.8) is 0 Å². The van der Waals surface area contributed by atoms with E-state index in [0.717, 1.165) is 12.8 Å². The lowest BCUT2D eigenvalue weighted by Gasteiger charge is -2.14. The second-order valence-electron chi connectivity index (χ2n) is 5.79. The summed E-state index contributed by atoms with van der Waals surface area (Å²) in [5.41, 5.74) is 1.13. The van der Waals surface area contributed by atoms with Gasteiger partial charge in [-0.15, -0.1) is 5.10 Å². The molecule has 2 aromatic rings. The van der Waals surface area contributed by atoms with Gasteiger partial charge in [0, 0.05) is 5.69 Å². The molecule has 1 fully saturated rings. The largest absolute Gasteiger partial charge is 0.325 e. The highest BCUT2D eigenvalue weighted by Crippen LogP contribution is 2.32. The van der Waals surface area contributed by atoms with Gasteiger partial charge in [0.15, 0.2) is 0 Å². The lowest BCUT2D eigenvalue weighted by atomic mass is 10.2. The minimum Gasteiger partial charge on any atom is -0.325 e. The number of amides is 1. The Balaban J connectivity index is 1.64. The van der Waals surface area contributed by atoms with Crippen molar-refractivity contribution >= 4 is 23.4 Å². The van der Waals surface area contributed by atoms with E-state index in [-0.39, 0.29) is 11.2 Å². The first-order valence-electron chi connectivity index (χ1n) is 7.93. The van der Waals surface area contributed by atoms with E-state index in [2.05, 4.69) is 26.9 Å². The molecule has 1 unspecified atom stereocenters. The summed E-state index contributed by atoms with van der Waals surface area (Å²) in [5.74, 6) is -0.143. The van der Waals surface area contributed by atoms with Crippen molar-refractivity contribution in [1.29, 1.82) is 5.26 Å². The Kier molecular flexibility index (Phi) is 5.11. The molecule has 1 aliphatic carbocycles. The Labute approximate surface area is 144 Å². The molecular weight excluding hydrogens is 324 g/mol. The quantitative estimate of drug-likeness (QED) is 0.839. The molecule has 1 heterocycles. The molecule has 8 heteroatoms. The van der Waals surface area contributed by atoms with Crippen LogP contribution in [-0.4, -0.2) is 31.4 Å². The average Bonchev–Trinajstić information content (AvgIpc) is 3.26. The van der Waals surface area contributed by atoms with E-state index in [1.165, 1.54) is 24.6 Å². The van der Waals surface area contributed by atoms with E-state index < -0.39 is 0 Å². The number of aromatic nitrogens is 4. The summed E-state index contributed by atoms with van der Waals surface area (Å²) in [6, 6.07) is 9.25. The minimum atomic E-state index is -0.345. The highest BCUT2D eigenvalue weighted by molar-refractivity contribution is 8.00. The SMILES string of the molecule is CC(Sc1nnnn1C1CCCC1)C(=O)Nc1cccc(C#N)c1. The number of thioether (sulfide) groups is 1. The Bertz CT molecular complexity index is 762. The summed E-state index contributed by atoms with van der Waals surface area (Å²) in [7, 11) is 0. The first kappa shape index (κ1) is 16.5.